The highest BCUT2D eigenvalue weighted by molar-refractivity contribution is 5.97. The molecule has 0 radical (unpaired) electrons. The molecule has 0 aliphatic carbocycles. The van der Waals surface area contributed by atoms with Crippen LogP contribution in [0.1, 0.15) is 17.3 Å². The summed E-state index contributed by atoms with van der Waals surface area (Å²) in [6, 6.07) is 12.8. The third kappa shape index (κ3) is 3.21. The van der Waals surface area contributed by atoms with E-state index in [1.807, 2.05) is 6.07 Å². The lowest BCUT2D eigenvalue weighted by Crippen LogP contribution is -2.27. The zero-order valence-corrected chi connectivity index (χ0v) is 11.9. The zero-order valence-electron chi connectivity index (χ0n) is 11.9. The Balaban J connectivity index is 2.50. The molecule has 0 amide bonds. The minimum atomic E-state index is -0.660. The molecule has 0 saturated carbocycles. The Labute approximate surface area is 127 Å². The van der Waals surface area contributed by atoms with Crippen molar-refractivity contribution in [1.29, 1.82) is 0 Å². The molecule has 0 aliphatic heterocycles. The van der Waals surface area contributed by atoms with E-state index >= 15 is 0 Å². The number of carbonyl (C=O) groups is 1. The number of anilines is 2. The molecule has 2 aromatic rings. The SMILES string of the molecule is CCOC(=O)c1cc([N+](=O)[O-])ccc1N(N)c1ccccc1. The highest BCUT2D eigenvalue weighted by Crippen LogP contribution is 2.29. The number of carbonyl (C=O) groups excluding carboxylic acids is 1. The first-order valence-electron chi connectivity index (χ1n) is 6.60. The summed E-state index contributed by atoms with van der Waals surface area (Å²) in [5.41, 5.74) is 0.813. The molecule has 2 rings (SSSR count). The number of nitro benzene ring substituents is 1. The van der Waals surface area contributed by atoms with Crippen LogP contribution in [0.2, 0.25) is 0 Å². The standard InChI is InChI=1S/C15H15N3O4/c1-2-22-15(19)13-10-12(18(20)21)8-9-14(13)17(16)11-6-4-3-5-7-11/h3-10H,2,16H2,1H3. The number of nitrogens with two attached hydrogens (primary N) is 1. The lowest BCUT2D eigenvalue weighted by Gasteiger charge is -2.21. The fourth-order valence-corrected chi connectivity index (χ4v) is 1.95. The van der Waals surface area contributed by atoms with Crippen molar-refractivity contribution in [3.63, 3.8) is 0 Å². The number of nitro groups is 1. The molecular weight excluding hydrogens is 286 g/mol. The Morgan fingerprint density at radius 3 is 2.55 bits per heavy atom. The lowest BCUT2D eigenvalue weighted by atomic mass is 10.1. The average Bonchev–Trinajstić information content (AvgIpc) is 2.54. The normalized spacial score (nSPS) is 10.1. The van der Waals surface area contributed by atoms with Gasteiger partial charge in [0.05, 0.1) is 28.5 Å². The molecule has 0 fully saturated rings. The molecule has 0 spiro atoms. The fraction of sp³-hybridized carbons (Fsp3) is 0.133. The molecule has 0 unspecified atom stereocenters. The second-order valence-electron chi connectivity index (χ2n) is 4.38. The van der Waals surface area contributed by atoms with Gasteiger partial charge in [-0.1, -0.05) is 18.2 Å². The van der Waals surface area contributed by atoms with Crippen molar-refractivity contribution in [3.8, 4) is 0 Å². The summed E-state index contributed by atoms with van der Waals surface area (Å²) in [4.78, 5) is 22.4. The minimum Gasteiger partial charge on any atom is -0.462 e. The van der Waals surface area contributed by atoms with Crippen LogP contribution in [0.4, 0.5) is 17.1 Å². The number of hydrogen-bond acceptors (Lipinski definition) is 6. The molecule has 114 valence electrons. The second kappa shape index (κ2) is 6.68. The first-order chi connectivity index (χ1) is 10.5. The van der Waals surface area contributed by atoms with Crippen molar-refractivity contribution in [2.24, 2.45) is 5.84 Å². The number of hydrogen-bond donors (Lipinski definition) is 1. The monoisotopic (exact) mass is 301 g/mol. The Hall–Kier alpha value is -2.93. The Bertz CT molecular complexity index is 688. The largest absolute Gasteiger partial charge is 0.462 e. The number of ether oxygens (including phenoxy) is 1. The summed E-state index contributed by atoms with van der Waals surface area (Å²) in [5.74, 6) is 5.37. The van der Waals surface area contributed by atoms with E-state index in [1.165, 1.54) is 17.1 Å². The third-order valence-electron chi connectivity index (χ3n) is 2.98. The van der Waals surface area contributed by atoms with Gasteiger partial charge in [-0.2, -0.15) is 0 Å². The minimum absolute atomic E-state index is 0.0439. The number of rotatable bonds is 5. The molecule has 0 aromatic heterocycles. The summed E-state index contributed by atoms with van der Waals surface area (Å²) < 4.78 is 4.95. The van der Waals surface area contributed by atoms with E-state index in [9.17, 15) is 14.9 Å². The first kappa shape index (κ1) is 15.5. The average molecular weight is 301 g/mol. The van der Waals surface area contributed by atoms with Crippen molar-refractivity contribution < 1.29 is 14.5 Å². The summed E-state index contributed by atoms with van der Waals surface area (Å²) in [7, 11) is 0. The van der Waals surface area contributed by atoms with Crippen LogP contribution < -0.4 is 10.9 Å². The summed E-state index contributed by atoms with van der Waals surface area (Å²) >= 11 is 0. The molecule has 7 heteroatoms. The van der Waals surface area contributed by atoms with E-state index in [2.05, 4.69) is 0 Å². The van der Waals surface area contributed by atoms with Crippen LogP contribution in [0.5, 0.6) is 0 Å². The van der Waals surface area contributed by atoms with E-state index < -0.39 is 10.9 Å². The van der Waals surface area contributed by atoms with Gasteiger partial charge in [0, 0.05) is 12.1 Å². The van der Waals surface area contributed by atoms with Crippen LogP contribution in [-0.2, 0) is 4.74 Å². The molecule has 2 N–H and O–H groups in total. The van der Waals surface area contributed by atoms with E-state index in [4.69, 9.17) is 10.6 Å². The summed E-state index contributed by atoms with van der Waals surface area (Å²) in [6.45, 7) is 1.82. The van der Waals surface area contributed by atoms with Crippen molar-refractivity contribution in [2.75, 3.05) is 11.6 Å². The Morgan fingerprint density at radius 2 is 1.95 bits per heavy atom. The van der Waals surface area contributed by atoms with Gasteiger partial charge in [-0.15, -0.1) is 0 Å². The van der Waals surface area contributed by atoms with Crippen LogP contribution in [-0.4, -0.2) is 17.5 Å². The van der Waals surface area contributed by atoms with Gasteiger partial charge in [0.25, 0.3) is 5.69 Å². The fourth-order valence-electron chi connectivity index (χ4n) is 1.95. The number of benzene rings is 2. The maximum atomic E-state index is 12.0. The van der Waals surface area contributed by atoms with Gasteiger partial charge in [0.15, 0.2) is 0 Å². The van der Waals surface area contributed by atoms with Gasteiger partial charge in [0.2, 0.25) is 0 Å². The van der Waals surface area contributed by atoms with Crippen LogP contribution in [0, 0.1) is 10.1 Å². The van der Waals surface area contributed by atoms with Crippen molar-refractivity contribution >= 4 is 23.0 Å². The zero-order chi connectivity index (χ0) is 16.1. The topological polar surface area (TPSA) is 98.7 Å². The van der Waals surface area contributed by atoms with Crippen molar-refractivity contribution in [1.82, 2.24) is 0 Å². The first-order valence-corrected chi connectivity index (χ1v) is 6.60. The number of non-ortho nitro benzene ring substituents is 1. The molecule has 0 saturated heterocycles. The van der Waals surface area contributed by atoms with Crippen molar-refractivity contribution in [3.05, 3.63) is 64.2 Å². The predicted octanol–water partition coefficient (Wildman–Crippen LogP) is 2.78. The maximum Gasteiger partial charge on any atom is 0.340 e. The highest BCUT2D eigenvalue weighted by Gasteiger charge is 2.21. The summed E-state index contributed by atoms with van der Waals surface area (Å²) in [5, 5.41) is 12.2. The number of nitrogens with zero attached hydrogens (tertiary/aromatic N) is 2. The van der Waals surface area contributed by atoms with Gasteiger partial charge in [-0.05, 0) is 25.1 Å². The van der Waals surface area contributed by atoms with Crippen molar-refractivity contribution in [2.45, 2.75) is 6.92 Å². The van der Waals surface area contributed by atoms with E-state index in [0.29, 0.717) is 11.4 Å². The van der Waals surface area contributed by atoms with E-state index in [1.54, 1.807) is 31.2 Å². The van der Waals surface area contributed by atoms with E-state index in [0.717, 1.165) is 6.07 Å². The number of hydrazine groups is 1. The van der Waals surface area contributed by atoms with Crippen LogP contribution in [0.25, 0.3) is 0 Å². The quantitative estimate of drug-likeness (QED) is 0.394. The van der Waals surface area contributed by atoms with E-state index in [-0.39, 0.29) is 17.9 Å². The Kier molecular flexibility index (Phi) is 4.70. The lowest BCUT2D eigenvalue weighted by molar-refractivity contribution is -0.384. The molecular formula is C15H15N3O4. The van der Waals surface area contributed by atoms with Gasteiger partial charge in [0.1, 0.15) is 0 Å². The molecule has 0 bridgehead atoms. The van der Waals surface area contributed by atoms with Crippen LogP contribution in [0.3, 0.4) is 0 Å². The van der Waals surface area contributed by atoms with Gasteiger partial charge >= 0.3 is 5.97 Å². The third-order valence-corrected chi connectivity index (χ3v) is 2.98. The van der Waals surface area contributed by atoms with Gasteiger partial charge in [-0.25, -0.2) is 10.6 Å². The Morgan fingerprint density at radius 1 is 1.27 bits per heavy atom. The molecule has 2 aromatic carbocycles. The molecule has 0 atom stereocenters. The maximum absolute atomic E-state index is 12.0. The van der Waals surface area contributed by atoms with Crippen LogP contribution >= 0.6 is 0 Å². The van der Waals surface area contributed by atoms with Gasteiger partial charge in [-0.3, -0.25) is 15.1 Å². The summed E-state index contributed by atoms with van der Waals surface area (Å²) in [6.07, 6.45) is 0. The number of esters is 1. The number of para-hydroxylation sites is 1. The van der Waals surface area contributed by atoms with Crippen LogP contribution in [0.15, 0.2) is 48.5 Å². The molecule has 22 heavy (non-hydrogen) atoms. The molecule has 0 heterocycles. The molecule has 7 nitrogen and oxygen atoms in total. The highest BCUT2D eigenvalue weighted by atomic mass is 16.6. The molecule has 0 aliphatic rings. The second-order valence-corrected chi connectivity index (χ2v) is 4.38. The predicted molar refractivity (Wildman–Crippen MR) is 81.8 cm³/mol. The smallest absolute Gasteiger partial charge is 0.340 e. The van der Waals surface area contributed by atoms with Gasteiger partial charge < -0.3 is 4.74 Å².